The summed E-state index contributed by atoms with van der Waals surface area (Å²) in [6.07, 6.45) is 4.58. The first kappa shape index (κ1) is 9.54. The van der Waals surface area contributed by atoms with Crippen LogP contribution in [-0.4, -0.2) is 12.7 Å². The Balaban J connectivity index is 2.18. The van der Waals surface area contributed by atoms with Gasteiger partial charge in [-0.25, -0.2) is 0 Å². The summed E-state index contributed by atoms with van der Waals surface area (Å²) in [4.78, 5) is 0. The van der Waals surface area contributed by atoms with E-state index >= 15 is 0 Å². The summed E-state index contributed by atoms with van der Waals surface area (Å²) < 4.78 is 5.42. The largest absolute Gasteiger partial charge is 0.379 e. The van der Waals surface area contributed by atoms with Crippen molar-refractivity contribution in [2.24, 2.45) is 5.41 Å². The van der Waals surface area contributed by atoms with Crippen molar-refractivity contribution in [3.63, 3.8) is 0 Å². The van der Waals surface area contributed by atoms with E-state index in [4.69, 9.17) is 10.00 Å². The highest BCUT2D eigenvalue weighted by molar-refractivity contribution is 5.04. The second-order valence-electron chi connectivity index (χ2n) is 3.92. The molecule has 0 aromatic carbocycles. The molecule has 2 heteroatoms. The maximum Gasteiger partial charge on any atom is 0.0690 e. The number of nitrogens with zero attached hydrogens (tertiary/aromatic N) is 1. The maximum absolute atomic E-state index is 8.90. The molecule has 0 radical (unpaired) electrons. The minimum absolute atomic E-state index is 0.0190. The van der Waals surface area contributed by atoms with Crippen LogP contribution in [-0.2, 0) is 4.74 Å². The molecule has 0 aromatic heterocycles. The van der Waals surface area contributed by atoms with Crippen molar-refractivity contribution in [3.05, 3.63) is 0 Å². The molecular weight excluding hydrogens is 150 g/mol. The Morgan fingerprint density at radius 1 is 1.50 bits per heavy atom. The Bertz CT molecular complexity index is 177. The summed E-state index contributed by atoms with van der Waals surface area (Å²) in [6.45, 7) is 4.80. The van der Waals surface area contributed by atoms with Crippen LogP contribution in [0.25, 0.3) is 0 Å². The molecule has 0 bridgehead atoms. The van der Waals surface area contributed by atoms with Gasteiger partial charge in [0, 0.05) is 6.61 Å². The van der Waals surface area contributed by atoms with Gasteiger partial charge in [0.25, 0.3) is 0 Å². The van der Waals surface area contributed by atoms with E-state index in [2.05, 4.69) is 6.07 Å². The van der Waals surface area contributed by atoms with Crippen molar-refractivity contribution in [1.82, 2.24) is 0 Å². The molecule has 1 fully saturated rings. The van der Waals surface area contributed by atoms with E-state index < -0.39 is 0 Å². The molecule has 0 heterocycles. The molecule has 12 heavy (non-hydrogen) atoms. The van der Waals surface area contributed by atoms with Crippen LogP contribution in [0.5, 0.6) is 0 Å². The van der Waals surface area contributed by atoms with Gasteiger partial charge in [0.15, 0.2) is 0 Å². The van der Waals surface area contributed by atoms with Gasteiger partial charge in [-0.2, -0.15) is 5.26 Å². The third-order valence-corrected chi connectivity index (χ3v) is 2.58. The van der Waals surface area contributed by atoms with Gasteiger partial charge in [0.05, 0.1) is 17.6 Å². The normalized spacial score (nSPS) is 20.2. The monoisotopic (exact) mass is 167 g/mol. The minimum atomic E-state index is -0.0190. The first-order chi connectivity index (χ1) is 5.68. The molecule has 1 aliphatic rings. The smallest absolute Gasteiger partial charge is 0.0690 e. The molecule has 0 aliphatic heterocycles. The summed E-state index contributed by atoms with van der Waals surface area (Å²) in [5.74, 6) is 0. The number of hydrogen-bond donors (Lipinski definition) is 0. The first-order valence-corrected chi connectivity index (χ1v) is 4.71. The molecule has 0 unspecified atom stereocenters. The second kappa shape index (κ2) is 3.91. The molecule has 0 amide bonds. The Hall–Kier alpha value is -0.550. The third-order valence-electron chi connectivity index (χ3n) is 2.58. The highest BCUT2D eigenvalue weighted by atomic mass is 16.5. The van der Waals surface area contributed by atoms with Gasteiger partial charge in [-0.15, -0.1) is 0 Å². The van der Waals surface area contributed by atoms with Crippen LogP contribution in [0.15, 0.2) is 0 Å². The Morgan fingerprint density at radius 3 is 2.50 bits per heavy atom. The predicted octanol–water partition coefficient (Wildman–Crippen LogP) is 2.50. The van der Waals surface area contributed by atoms with Crippen molar-refractivity contribution >= 4 is 0 Å². The fourth-order valence-electron chi connectivity index (χ4n) is 1.51. The van der Waals surface area contributed by atoms with Crippen LogP contribution in [0, 0.1) is 16.7 Å². The van der Waals surface area contributed by atoms with E-state index in [0.29, 0.717) is 6.10 Å². The lowest BCUT2D eigenvalue weighted by Crippen LogP contribution is -2.29. The molecule has 2 nitrogen and oxygen atoms in total. The van der Waals surface area contributed by atoms with Crippen LogP contribution in [0.3, 0.4) is 0 Å². The lowest BCUT2D eigenvalue weighted by atomic mass is 9.68. The summed E-state index contributed by atoms with van der Waals surface area (Å²) in [6, 6.07) is 2.41. The van der Waals surface area contributed by atoms with Gasteiger partial charge in [-0.1, -0.05) is 6.42 Å². The fraction of sp³-hybridized carbons (Fsp3) is 0.900. The van der Waals surface area contributed by atoms with E-state index in [1.165, 1.54) is 6.42 Å². The van der Waals surface area contributed by atoms with Gasteiger partial charge in [0.1, 0.15) is 0 Å². The summed E-state index contributed by atoms with van der Waals surface area (Å²) in [5.41, 5.74) is -0.0190. The van der Waals surface area contributed by atoms with Gasteiger partial charge in [-0.3, -0.25) is 0 Å². The van der Waals surface area contributed by atoms with Crippen LogP contribution < -0.4 is 0 Å². The van der Waals surface area contributed by atoms with Crippen LogP contribution >= 0.6 is 0 Å². The molecule has 0 spiro atoms. The molecule has 0 aromatic rings. The van der Waals surface area contributed by atoms with E-state index in [1.807, 2.05) is 13.8 Å². The molecule has 1 rings (SSSR count). The molecule has 0 saturated heterocycles. The van der Waals surface area contributed by atoms with Gasteiger partial charge in [-0.05, 0) is 33.1 Å². The van der Waals surface area contributed by atoms with E-state index in [1.54, 1.807) is 0 Å². The third kappa shape index (κ3) is 2.22. The van der Waals surface area contributed by atoms with E-state index in [9.17, 15) is 0 Å². The standard InChI is InChI=1S/C10H17NO/c1-9(2)12-7-6-10(8-11)4-3-5-10/h9H,3-7H2,1-2H3. The van der Waals surface area contributed by atoms with Crippen LogP contribution in [0.4, 0.5) is 0 Å². The van der Waals surface area contributed by atoms with Crippen LogP contribution in [0.2, 0.25) is 0 Å². The molecule has 1 saturated carbocycles. The second-order valence-corrected chi connectivity index (χ2v) is 3.92. The molecule has 68 valence electrons. The lowest BCUT2D eigenvalue weighted by molar-refractivity contribution is 0.0446. The zero-order valence-corrected chi connectivity index (χ0v) is 7.97. The first-order valence-electron chi connectivity index (χ1n) is 4.71. The Labute approximate surface area is 74.5 Å². The summed E-state index contributed by atoms with van der Waals surface area (Å²) in [7, 11) is 0. The van der Waals surface area contributed by atoms with Crippen molar-refractivity contribution in [1.29, 1.82) is 5.26 Å². The lowest BCUT2D eigenvalue weighted by Gasteiger charge is -2.35. The minimum Gasteiger partial charge on any atom is -0.379 e. The average molecular weight is 167 g/mol. The Kier molecular flexibility index (Phi) is 3.11. The average Bonchev–Trinajstić information content (AvgIpc) is 1.94. The zero-order valence-electron chi connectivity index (χ0n) is 7.97. The van der Waals surface area contributed by atoms with Gasteiger partial charge in [0.2, 0.25) is 0 Å². The van der Waals surface area contributed by atoms with E-state index in [-0.39, 0.29) is 5.41 Å². The van der Waals surface area contributed by atoms with Crippen molar-refractivity contribution in [2.75, 3.05) is 6.61 Å². The summed E-state index contributed by atoms with van der Waals surface area (Å²) >= 11 is 0. The van der Waals surface area contributed by atoms with E-state index in [0.717, 1.165) is 25.9 Å². The van der Waals surface area contributed by atoms with Crippen molar-refractivity contribution < 1.29 is 4.74 Å². The number of ether oxygens (including phenoxy) is 1. The highest BCUT2D eigenvalue weighted by Crippen LogP contribution is 2.43. The molecule has 1 aliphatic carbocycles. The Morgan fingerprint density at radius 2 is 2.17 bits per heavy atom. The molecule has 0 atom stereocenters. The molecule has 0 N–H and O–H groups in total. The van der Waals surface area contributed by atoms with Crippen molar-refractivity contribution in [2.45, 2.75) is 45.6 Å². The number of nitriles is 1. The van der Waals surface area contributed by atoms with Crippen LogP contribution in [0.1, 0.15) is 39.5 Å². The summed E-state index contributed by atoms with van der Waals surface area (Å²) in [5, 5.41) is 8.90. The topological polar surface area (TPSA) is 33.0 Å². The number of rotatable bonds is 4. The molecular formula is C10H17NO. The quantitative estimate of drug-likeness (QED) is 0.644. The SMILES string of the molecule is CC(C)OCCC1(C#N)CCC1. The maximum atomic E-state index is 8.90. The highest BCUT2D eigenvalue weighted by Gasteiger charge is 2.36. The fourth-order valence-corrected chi connectivity index (χ4v) is 1.51. The predicted molar refractivity (Wildman–Crippen MR) is 47.6 cm³/mol. The number of hydrogen-bond acceptors (Lipinski definition) is 2. The zero-order chi connectivity index (χ0) is 9.03. The van der Waals surface area contributed by atoms with Crippen molar-refractivity contribution in [3.8, 4) is 6.07 Å². The van der Waals surface area contributed by atoms with Gasteiger partial charge < -0.3 is 4.74 Å². The van der Waals surface area contributed by atoms with Gasteiger partial charge >= 0.3 is 0 Å².